The van der Waals surface area contributed by atoms with Crippen molar-refractivity contribution in [2.75, 3.05) is 19.6 Å². The van der Waals surface area contributed by atoms with E-state index in [1.807, 2.05) is 0 Å². The van der Waals surface area contributed by atoms with Crippen molar-refractivity contribution in [3.8, 4) is 0 Å². The number of nitrogens with one attached hydrogen (secondary N) is 1. The molecule has 21 heavy (non-hydrogen) atoms. The van der Waals surface area contributed by atoms with Crippen LogP contribution in [0.25, 0.3) is 0 Å². The Hall–Kier alpha value is -1.57. The fourth-order valence-corrected chi connectivity index (χ4v) is 2.89. The normalized spacial score (nSPS) is 16.8. The van der Waals surface area contributed by atoms with Crippen LogP contribution in [0.3, 0.4) is 0 Å². The molecular weight excluding hydrogens is 305 g/mol. The Bertz CT molecular complexity index is 494. The lowest BCUT2D eigenvalue weighted by Crippen LogP contribution is -2.46. The summed E-state index contributed by atoms with van der Waals surface area (Å²) in [6.45, 7) is 0.584. The molecule has 0 aromatic carbocycles. The Morgan fingerprint density at radius 3 is 2.52 bits per heavy atom. The summed E-state index contributed by atoms with van der Waals surface area (Å²) in [5, 5.41) is 4.58. The number of rotatable bonds is 3. The van der Waals surface area contributed by atoms with Crippen molar-refractivity contribution in [3.05, 3.63) is 22.4 Å². The topological polar surface area (TPSA) is 49.4 Å². The monoisotopic (exact) mass is 320 g/mol. The van der Waals surface area contributed by atoms with Crippen LogP contribution in [0.5, 0.6) is 0 Å². The number of likely N-dealkylation sites (tertiary alicyclic amines) is 1. The highest BCUT2D eigenvalue weighted by Crippen LogP contribution is 2.23. The number of nitrogens with zero attached hydrogens (tertiary/aromatic N) is 1. The van der Waals surface area contributed by atoms with E-state index in [9.17, 15) is 22.8 Å². The van der Waals surface area contributed by atoms with Crippen molar-refractivity contribution < 1.29 is 22.8 Å². The molecule has 1 saturated heterocycles. The third kappa shape index (κ3) is 4.20. The molecule has 0 bridgehead atoms. The summed E-state index contributed by atoms with van der Waals surface area (Å²) in [6, 6.07) is 3.49. The summed E-state index contributed by atoms with van der Waals surface area (Å²) in [5.41, 5.74) is 0. The largest absolute Gasteiger partial charge is 0.471 e. The number of alkyl halides is 3. The average molecular weight is 320 g/mol. The first-order chi connectivity index (χ1) is 9.88. The second-order valence-electron chi connectivity index (χ2n) is 4.92. The lowest BCUT2D eigenvalue weighted by atomic mass is 9.96. The first kappa shape index (κ1) is 15.8. The number of thiophene rings is 1. The van der Waals surface area contributed by atoms with Crippen LogP contribution in [0, 0.1) is 5.92 Å². The maximum atomic E-state index is 12.3. The second kappa shape index (κ2) is 6.46. The summed E-state index contributed by atoms with van der Waals surface area (Å²) in [7, 11) is 0. The number of hydrogen-bond donors (Lipinski definition) is 1. The SMILES string of the molecule is O=C(NCC1CCN(C(=O)C(F)(F)F)CC1)c1cccs1. The summed E-state index contributed by atoms with van der Waals surface area (Å²) < 4.78 is 36.9. The number of hydrogen-bond acceptors (Lipinski definition) is 3. The van der Waals surface area contributed by atoms with Crippen LogP contribution >= 0.6 is 11.3 Å². The van der Waals surface area contributed by atoms with E-state index in [1.165, 1.54) is 11.3 Å². The highest BCUT2D eigenvalue weighted by Gasteiger charge is 2.43. The number of carbonyl (C=O) groups is 2. The molecule has 0 unspecified atom stereocenters. The first-order valence-corrected chi connectivity index (χ1v) is 7.43. The lowest BCUT2D eigenvalue weighted by molar-refractivity contribution is -0.186. The average Bonchev–Trinajstić information content (AvgIpc) is 2.98. The molecule has 2 rings (SSSR count). The zero-order valence-corrected chi connectivity index (χ0v) is 12.0. The van der Waals surface area contributed by atoms with Crippen LogP contribution in [0.15, 0.2) is 17.5 Å². The van der Waals surface area contributed by atoms with Crippen molar-refractivity contribution in [2.24, 2.45) is 5.92 Å². The van der Waals surface area contributed by atoms with Crippen LogP contribution in [0.4, 0.5) is 13.2 Å². The Balaban J connectivity index is 1.75. The van der Waals surface area contributed by atoms with Gasteiger partial charge in [-0.3, -0.25) is 9.59 Å². The van der Waals surface area contributed by atoms with Gasteiger partial charge in [0.25, 0.3) is 5.91 Å². The van der Waals surface area contributed by atoms with Gasteiger partial charge in [-0.25, -0.2) is 0 Å². The van der Waals surface area contributed by atoms with Gasteiger partial charge in [-0.15, -0.1) is 11.3 Å². The van der Waals surface area contributed by atoms with E-state index >= 15 is 0 Å². The molecule has 2 amide bonds. The van der Waals surface area contributed by atoms with Gasteiger partial charge in [-0.05, 0) is 30.2 Å². The van der Waals surface area contributed by atoms with E-state index in [0.717, 1.165) is 4.90 Å². The standard InChI is InChI=1S/C13H15F3N2O2S/c14-13(15,16)12(20)18-5-3-9(4-6-18)8-17-11(19)10-2-1-7-21-10/h1-2,7,9H,3-6,8H2,(H,17,19). The Kier molecular flexibility index (Phi) is 4.87. The highest BCUT2D eigenvalue weighted by molar-refractivity contribution is 7.12. The molecule has 1 N–H and O–H groups in total. The van der Waals surface area contributed by atoms with Crippen molar-refractivity contribution in [1.29, 1.82) is 0 Å². The van der Waals surface area contributed by atoms with E-state index in [4.69, 9.17) is 0 Å². The minimum atomic E-state index is -4.81. The molecule has 1 aromatic rings. The minimum Gasteiger partial charge on any atom is -0.351 e. The van der Waals surface area contributed by atoms with Gasteiger partial charge in [0.05, 0.1) is 4.88 Å². The third-order valence-corrected chi connectivity index (χ3v) is 4.31. The van der Waals surface area contributed by atoms with Gasteiger partial charge >= 0.3 is 12.1 Å². The van der Waals surface area contributed by atoms with E-state index < -0.39 is 12.1 Å². The van der Waals surface area contributed by atoms with Gasteiger partial charge in [0.2, 0.25) is 0 Å². The number of amides is 2. The first-order valence-electron chi connectivity index (χ1n) is 6.55. The van der Waals surface area contributed by atoms with Gasteiger partial charge in [0.1, 0.15) is 0 Å². The molecule has 0 spiro atoms. The van der Waals surface area contributed by atoms with Crippen molar-refractivity contribution >= 4 is 23.2 Å². The maximum absolute atomic E-state index is 12.3. The smallest absolute Gasteiger partial charge is 0.351 e. The molecule has 0 saturated carbocycles. The molecule has 2 heterocycles. The summed E-state index contributed by atoms with van der Waals surface area (Å²) in [5.74, 6) is -1.84. The minimum absolute atomic E-state index is 0.0812. The lowest BCUT2D eigenvalue weighted by Gasteiger charge is -2.32. The van der Waals surface area contributed by atoms with E-state index in [-0.39, 0.29) is 24.9 Å². The van der Waals surface area contributed by atoms with Crippen LogP contribution in [0.1, 0.15) is 22.5 Å². The molecule has 1 aliphatic heterocycles. The summed E-state index contributed by atoms with van der Waals surface area (Å²) >= 11 is 1.33. The van der Waals surface area contributed by atoms with Gasteiger partial charge in [-0.1, -0.05) is 6.07 Å². The zero-order chi connectivity index (χ0) is 15.5. The summed E-state index contributed by atoms with van der Waals surface area (Å²) in [6.07, 6.45) is -3.88. The van der Waals surface area contributed by atoms with Crippen LogP contribution in [0.2, 0.25) is 0 Å². The number of piperidine rings is 1. The predicted octanol–water partition coefficient (Wildman–Crippen LogP) is 2.28. The molecule has 1 fully saturated rings. The molecule has 116 valence electrons. The zero-order valence-electron chi connectivity index (χ0n) is 11.2. The molecular formula is C13H15F3N2O2S. The molecule has 1 aromatic heterocycles. The van der Waals surface area contributed by atoms with Crippen molar-refractivity contribution in [3.63, 3.8) is 0 Å². The Labute approximate surface area is 123 Å². The van der Waals surface area contributed by atoms with E-state index in [1.54, 1.807) is 17.5 Å². The van der Waals surface area contributed by atoms with Crippen LogP contribution < -0.4 is 5.32 Å². The third-order valence-electron chi connectivity index (χ3n) is 3.44. The van der Waals surface area contributed by atoms with Crippen LogP contribution in [-0.4, -0.2) is 42.5 Å². The summed E-state index contributed by atoms with van der Waals surface area (Å²) in [4.78, 5) is 24.3. The van der Waals surface area contributed by atoms with Gasteiger partial charge < -0.3 is 10.2 Å². The molecule has 1 aliphatic rings. The molecule has 0 atom stereocenters. The predicted molar refractivity (Wildman–Crippen MR) is 72.0 cm³/mol. The quantitative estimate of drug-likeness (QED) is 0.929. The van der Waals surface area contributed by atoms with Gasteiger partial charge in [0, 0.05) is 19.6 Å². The molecule has 0 radical (unpaired) electrons. The van der Waals surface area contributed by atoms with E-state index in [0.29, 0.717) is 24.3 Å². The second-order valence-corrected chi connectivity index (χ2v) is 5.87. The Morgan fingerprint density at radius 2 is 2.00 bits per heavy atom. The maximum Gasteiger partial charge on any atom is 0.471 e. The molecule has 8 heteroatoms. The van der Waals surface area contributed by atoms with Gasteiger partial charge in [0.15, 0.2) is 0 Å². The van der Waals surface area contributed by atoms with E-state index in [2.05, 4.69) is 5.32 Å². The fourth-order valence-electron chi connectivity index (χ4n) is 2.25. The Morgan fingerprint density at radius 1 is 1.33 bits per heavy atom. The fraction of sp³-hybridized carbons (Fsp3) is 0.538. The molecule has 0 aliphatic carbocycles. The van der Waals surface area contributed by atoms with Crippen molar-refractivity contribution in [1.82, 2.24) is 10.2 Å². The van der Waals surface area contributed by atoms with Crippen molar-refractivity contribution in [2.45, 2.75) is 19.0 Å². The highest BCUT2D eigenvalue weighted by atomic mass is 32.1. The molecule has 4 nitrogen and oxygen atoms in total. The number of carbonyl (C=O) groups excluding carboxylic acids is 2. The number of halogens is 3. The van der Waals surface area contributed by atoms with Gasteiger partial charge in [-0.2, -0.15) is 13.2 Å². The van der Waals surface area contributed by atoms with Crippen LogP contribution in [-0.2, 0) is 4.79 Å².